The Morgan fingerprint density at radius 3 is 2.75 bits per heavy atom. The molecule has 2 atom stereocenters. The van der Waals surface area contributed by atoms with E-state index in [9.17, 15) is 0 Å². The van der Waals surface area contributed by atoms with Crippen LogP contribution < -0.4 is 14.8 Å². The Bertz CT molecular complexity index is 523. The lowest BCUT2D eigenvalue weighted by atomic mass is 10.1. The van der Waals surface area contributed by atoms with E-state index in [2.05, 4.69) is 10.2 Å². The van der Waals surface area contributed by atoms with Crippen LogP contribution >= 0.6 is 11.6 Å². The molecule has 1 aromatic rings. The average Bonchev–Trinajstić information content (AvgIpc) is 3.04. The summed E-state index contributed by atoms with van der Waals surface area (Å²) in [7, 11) is 0. The molecule has 0 spiro atoms. The smallest absolute Gasteiger partial charge is 0.163 e. The van der Waals surface area contributed by atoms with E-state index in [1.165, 1.54) is 32.4 Å². The molecule has 0 aliphatic carbocycles. The van der Waals surface area contributed by atoms with Gasteiger partial charge in [-0.15, -0.1) is 0 Å². The number of anilines is 1. The normalized spacial score (nSPS) is 28.4. The van der Waals surface area contributed by atoms with Crippen molar-refractivity contribution in [3.8, 4) is 11.5 Å². The largest absolute Gasteiger partial charge is 0.486 e. The zero-order valence-corrected chi connectivity index (χ0v) is 12.2. The molecule has 0 saturated carbocycles. The van der Waals surface area contributed by atoms with E-state index in [0.29, 0.717) is 30.3 Å². The lowest BCUT2D eigenvalue weighted by Gasteiger charge is -2.24. The zero-order chi connectivity index (χ0) is 13.5. The van der Waals surface area contributed by atoms with Crippen LogP contribution in [0.4, 0.5) is 5.69 Å². The second-order valence-corrected chi connectivity index (χ2v) is 6.17. The maximum atomic E-state index is 6.37. The number of nitrogens with zero attached hydrogens (tertiary/aromatic N) is 1. The van der Waals surface area contributed by atoms with Crippen LogP contribution in [-0.4, -0.2) is 43.3 Å². The summed E-state index contributed by atoms with van der Waals surface area (Å²) in [5.74, 6) is 1.55. The number of ether oxygens (including phenoxy) is 2. The summed E-state index contributed by atoms with van der Waals surface area (Å²) in [5, 5.41) is 4.34. The molecule has 2 fully saturated rings. The molecule has 1 N–H and O–H groups in total. The fourth-order valence-electron chi connectivity index (χ4n) is 3.63. The van der Waals surface area contributed by atoms with Crippen LogP contribution in [0.25, 0.3) is 0 Å². The summed E-state index contributed by atoms with van der Waals surface area (Å²) in [4.78, 5) is 2.59. The minimum absolute atomic E-state index is 0.498. The highest BCUT2D eigenvalue weighted by molar-refractivity contribution is 6.33. The average molecular weight is 295 g/mol. The van der Waals surface area contributed by atoms with Crippen molar-refractivity contribution < 1.29 is 9.47 Å². The third kappa shape index (κ3) is 2.11. The van der Waals surface area contributed by atoms with Gasteiger partial charge in [-0.2, -0.15) is 0 Å². The van der Waals surface area contributed by atoms with Gasteiger partial charge in [0.25, 0.3) is 0 Å². The number of hydrogen-bond donors (Lipinski definition) is 1. The fraction of sp³-hybridized carbons (Fsp3) is 0.600. The van der Waals surface area contributed by atoms with E-state index in [1.807, 2.05) is 12.1 Å². The van der Waals surface area contributed by atoms with Crippen LogP contribution in [0.2, 0.25) is 5.02 Å². The minimum Gasteiger partial charge on any atom is -0.486 e. The molecule has 108 valence electrons. The fourth-order valence-corrected chi connectivity index (χ4v) is 3.83. The number of nitrogens with one attached hydrogen (secondary N) is 1. The summed E-state index contributed by atoms with van der Waals surface area (Å²) in [6.07, 6.45) is 3.80. The molecular weight excluding hydrogens is 276 g/mol. The van der Waals surface area contributed by atoms with Crippen molar-refractivity contribution in [2.24, 2.45) is 0 Å². The van der Waals surface area contributed by atoms with Crippen LogP contribution in [0.1, 0.15) is 19.3 Å². The van der Waals surface area contributed by atoms with Crippen molar-refractivity contribution >= 4 is 17.3 Å². The monoisotopic (exact) mass is 294 g/mol. The van der Waals surface area contributed by atoms with Crippen molar-refractivity contribution in [1.29, 1.82) is 0 Å². The maximum absolute atomic E-state index is 6.37. The van der Waals surface area contributed by atoms with Crippen LogP contribution in [0.15, 0.2) is 12.1 Å². The SMILES string of the molecule is Clc1cc2c(cc1NC1CCN3CCCC13)OCCO2. The van der Waals surface area contributed by atoms with Crippen LogP contribution in [0.5, 0.6) is 11.5 Å². The van der Waals surface area contributed by atoms with E-state index >= 15 is 0 Å². The van der Waals surface area contributed by atoms with E-state index < -0.39 is 0 Å². The molecule has 0 radical (unpaired) electrons. The Labute approximate surface area is 124 Å². The predicted octanol–water partition coefficient (Wildman–Crippen LogP) is 2.76. The number of hydrogen-bond acceptors (Lipinski definition) is 4. The zero-order valence-electron chi connectivity index (χ0n) is 11.4. The summed E-state index contributed by atoms with van der Waals surface area (Å²) in [6.45, 7) is 3.64. The van der Waals surface area contributed by atoms with E-state index in [1.54, 1.807) is 0 Å². The first-order chi connectivity index (χ1) is 9.81. The Balaban J connectivity index is 1.56. The van der Waals surface area contributed by atoms with Gasteiger partial charge < -0.3 is 14.8 Å². The topological polar surface area (TPSA) is 33.7 Å². The van der Waals surface area contributed by atoms with Crippen molar-refractivity contribution in [2.45, 2.75) is 31.3 Å². The number of fused-ring (bicyclic) bond motifs is 2. The molecule has 3 aliphatic heterocycles. The van der Waals surface area contributed by atoms with Gasteiger partial charge in [-0.05, 0) is 25.8 Å². The molecule has 0 bridgehead atoms. The first-order valence-corrected chi connectivity index (χ1v) is 7.79. The van der Waals surface area contributed by atoms with E-state index in [-0.39, 0.29) is 0 Å². The lowest BCUT2D eigenvalue weighted by molar-refractivity contribution is 0.171. The number of rotatable bonds is 2. The van der Waals surface area contributed by atoms with E-state index in [0.717, 1.165) is 17.2 Å². The van der Waals surface area contributed by atoms with Gasteiger partial charge in [0, 0.05) is 30.8 Å². The molecule has 1 aromatic carbocycles. The first kappa shape index (κ1) is 12.6. The summed E-state index contributed by atoms with van der Waals surface area (Å²) >= 11 is 6.37. The molecule has 0 aromatic heterocycles. The molecule has 3 aliphatic rings. The molecule has 4 rings (SSSR count). The van der Waals surface area contributed by atoms with Crippen molar-refractivity contribution in [3.05, 3.63) is 17.2 Å². The van der Waals surface area contributed by atoms with Crippen molar-refractivity contribution in [3.63, 3.8) is 0 Å². The second kappa shape index (κ2) is 5.01. The van der Waals surface area contributed by atoms with Crippen LogP contribution in [0.3, 0.4) is 0 Å². The number of halogens is 1. The summed E-state index contributed by atoms with van der Waals surface area (Å²) < 4.78 is 11.2. The second-order valence-electron chi connectivity index (χ2n) is 5.76. The molecule has 0 amide bonds. The highest BCUT2D eigenvalue weighted by Crippen LogP contribution is 2.39. The lowest BCUT2D eigenvalue weighted by Crippen LogP contribution is -2.33. The standard InChI is InChI=1S/C15H19ClN2O2/c16-10-8-14-15(20-7-6-19-14)9-12(10)17-11-3-5-18-4-1-2-13(11)18/h8-9,11,13,17H,1-7H2. The third-order valence-corrected chi connectivity index (χ3v) is 4.89. The minimum atomic E-state index is 0.498. The third-order valence-electron chi connectivity index (χ3n) is 4.58. The molecule has 2 saturated heterocycles. The van der Waals surface area contributed by atoms with Gasteiger partial charge in [-0.3, -0.25) is 4.90 Å². The summed E-state index contributed by atoms with van der Waals surface area (Å²) in [5.41, 5.74) is 0.967. The number of benzene rings is 1. The Morgan fingerprint density at radius 2 is 1.90 bits per heavy atom. The Hall–Kier alpha value is -1.13. The first-order valence-electron chi connectivity index (χ1n) is 7.41. The Morgan fingerprint density at radius 1 is 1.10 bits per heavy atom. The Kier molecular flexibility index (Phi) is 3.15. The van der Waals surface area contributed by atoms with Crippen molar-refractivity contribution in [2.75, 3.05) is 31.6 Å². The highest BCUT2D eigenvalue weighted by Gasteiger charge is 2.37. The van der Waals surface area contributed by atoms with Gasteiger partial charge in [0.1, 0.15) is 13.2 Å². The molecule has 4 nitrogen and oxygen atoms in total. The molecular formula is C15H19ClN2O2. The molecule has 2 unspecified atom stereocenters. The highest BCUT2D eigenvalue weighted by atomic mass is 35.5. The van der Waals surface area contributed by atoms with Gasteiger partial charge in [0.05, 0.1) is 10.7 Å². The quantitative estimate of drug-likeness (QED) is 0.909. The van der Waals surface area contributed by atoms with Crippen LogP contribution in [-0.2, 0) is 0 Å². The van der Waals surface area contributed by atoms with Gasteiger partial charge in [0.15, 0.2) is 11.5 Å². The van der Waals surface area contributed by atoms with Gasteiger partial charge in [-0.25, -0.2) is 0 Å². The maximum Gasteiger partial charge on any atom is 0.163 e. The molecule has 5 heteroatoms. The molecule has 3 heterocycles. The predicted molar refractivity (Wildman–Crippen MR) is 79.1 cm³/mol. The van der Waals surface area contributed by atoms with Gasteiger partial charge in [-0.1, -0.05) is 11.6 Å². The van der Waals surface area contributed by atoms with Gasteiger partial charge in [0.2, 0.25) is 0 Å². The van der Waals surface area contributed by atoms with Crippen LogP contribution in [0, 0.1) is 0 Å². The molecule has 20 heavy (non-hydrogen) atoms. The van der Waals surface area contributed by atoms with Gasteiger partial charge >= 0.3 is 0 Å². The van der Waals surface area contributed by atoms with E-state index in [4.69, 9.17) is 21.1 Å². The summed E-state index contributed by atoms with van der Waals surface area (Å²) in [6, 6.07) is 5.01. The van der Waals surface area contributed by atoms with Crippen molar-refractivity contribution in [1.82, 2.24) is 4.90 Å².